The van der Waals surface area contributed by atoms with Crippen molar-refractivity contribution < 1.29 is 14.9 Å². The molecule has 2 rings (SSSR count). The van der Waals surface area contributed by atoms with E-state index in [1.807, 2.05) is 6.26 Å². The van der Waals surface area contributed by atoms with Crippen LogP contribution in [0.3, 0.4) is 0 Å². The second-order valence-electron chi connectivity index (χ2n) is 4.58. The van der Waals surface area contributed by atoms with Crippen LogP contribution in [0.2, 0.25) is 0 Å². The molecule has 0 radical (unpaired) electrons. The molecule has 2 unspecified atom stereocenters. The summed E-state index contributed by atoms with van der Waals surface area (Å²) in [6.07, 6.45) is 1.02. The van der Waals surface area contributed by atoms with Crippen molar-refractivity contribution >= 4 is 23.5 Å². The highest BCUT2D eigenvalue weighted by Crippen LogP contribution is 2.36. The minimum Gasteiger partial charge on any atom is -0.394 e. The number of aliphatic hydroxyl groups is 2. The van der Waals surface area contributed by atoms with Crippen molar-refractivity contribution in [2.45, 2.75) is 23.7 Å². The molecule has 1 aromatic rings. The third-order valence-corrected chi connectivity index (χ3v) is 5.42. The van der Waals surface area contributed by atoms with Gasteiger partial charge >= 0.3 is 5.69 Å². The first-order valence-electron chi connectivity index (χ1n) is 6.45. The highest BCUT2D eigenvalue weighted by molar-refractivity contribution is 8.03. The largest absolute Gasteiger partial charge is 0.394 e. The molecule has 1 saturated heterocycles. The van der Waals surface area contributed by atoms with Gasteiger partial charge in [-0.2, -0.15) is 23.5 Å². The zero-order chi connectivity index (χ0) is 15.4. The van der Waals surface area contributed by atoms with Crippen molar-refractivity contribution in [3.63, 3.8) is 0 Å². The maximum absolute atomic E-state index is 11.9. The Labute approximate surface area is 129 Å². The molecule has 3 N–H and O–H groups in total. The molecule has 21 heavy (non-hydrogen) atoms. The number of ether oxygens (including phenoxy) is 1. The Bertz CT molecular complexity index is 575. The smallest absolute Gasteiger partial charge is 0.330 e. The average Bonchev–Trinajstić information content (AvgIpc) is 2.76. The summed E-state index contributed by atoms with van der Waals surface area (Å²) in [5.74, 6) is 1.70. The molecule has 1 fully saturated rings. The summed E-state index contributed by atoms with van der Waals surface area (Å²) in [5, 5.41) is 19.1. The lowest BCUT2D eigenvalue weighted by atomic mass is 10.2. The molecule has 7 nitrogen and oxygen atoms in total. The van der Waals surface area contributed by atoms with E-state index < -0.39 is 29.7 Å². The van der Waals surface area contributed by atoms with E-state index in [4.69, 9.17) is 4.74 Å². The van der Waals surface area contributed by atoms with Gasteiger partial charge in [-0.15, -0.1) is 0 Å². The molecule has 0 saturated carbocycles. The lowest BCUT2D eigenvalue weighted by molar-refractivity contribution is -0.0457. The van der Waals surface area contributed by atoms with Crippen LogP contribution in [0.1, 0.15) is 6.23 Å². The van der Waals surface area contributed by atoms with Gasteiger partial charge in [0, 0.05) is 23.8 Å². The first-order valence-corrected chi connectivity index (χ1v) is 8.89. The third kappa shape index (κ3) is 3.72. The summed E-state index contributed by atoms with van der Waals surface area (Å²) < 4.78 is 6.83. The molecule has 0 aliphatic carbocycles. The van der Waals surface area contributed by atoms with E-state index in [2.05, 4.69) is 4.98 Å². The molecule has 1 aromatic heterocycles. The summed E-state index contributed by atoms with van der Waals surface area (Å²) in [5.41, 5.74) is -1.08. The fraction of sp³-hybridized carbons (Fsp3) is 0.667. The van der Waals surface area contributed by atoms with Gasteiger partial charge in [-0.3, -0.25) is 14.3 Å². The van der Waals surface area contributed by atoms with Gasteiger partial charge in [0.15, 0.2) is 6.23 Å². The zero-order valence-electron chi connectivity index (χ0n) is 11.5. The fourth-order valence-corrected chi connectivity index (χ4v) is 4.22. The minimum atomic E-state index is -0.870. The number of nitrogens with one attached hydrogen (secondary N) is 1. The predicted molar refractivity (Wildman–Crippen MR) is 83.0 cm³/mol. The van der Waals surface area contributed by atoms with Crippen molar-refractivity contribution in [3.8, 4) is 0 Å². The van der Waals surface area contributed by atoms with E-state index in [9.17, 15) is 19.8 Å². The molecule has 1 aliphatic rings. The molecule has 0 spiro atoms. The van der Waals surface area contributed by atoms with Gasteiger partial charge in [-0.25, -0.2) is 4.79 Å². The number of aromatic amines is 1. The molecule has 0 aromatic carbocycles. The van der Waals surface area contributed by atoms with Crippen LogP contribution < -0.4 is 11.2 Å². The first-order chi connectivity index (χ1) is 10.1. The Balaban J connectivity index is 2.25. The summed E-state index contributed by atoms with van der Waals surface area (Å²) >= 11 is 3.18. The summed E-state index contributed by atoms with van der Waals surface area (Å²) in [6.45, 7) is -0.324. The van der Waals surface area contributed by atoms with Crippen molar-refractivity contribution in [1.82, 2.24) is 9.55 Å². The fourth-order valence-electron chi connectivity index (χ4n) is 2.17. The molecular weight excluding hydrogens is 316 g/mol. The predicted octanol–water partition coefficient (Wildman–Crippen LogP) is -0.748. The number of nitrogens with zero attached hydrogens (tertiary/aromatic N) is 1. The number of rotatable bonds is 6. The van der Waals surface area contributed by atoms with Gasteiger partial charge in [-0.05, 0) is 6.26 Å². The first kappa shape index (κ1) is 16.6. The SMILES string of the molecule is CSCCSC1C(O)[C@@H](CO)O[C@H]1n1ccc(=O)[nH]c1=O. The van der Waals surface area contributed by atoms with Crippen LogP contribution in [0.25, 0.3) is 0 Å². The Morgan fingerprint density at radius 2 is 2.19 bits per heavy atom. The second kappa shape index (κ2) is 7.50. The number of hydrogen-bond donors (Lipinski definition) is 3. The number of H-pyrrole nitrogens is 1. The number of aromatic nitrogens is 2. The number of aliphatic hydroxyl groups excluding tert-OH is 2. The second-order valence-corrected chi connectivity index (χ2v) is 6.86. The zero-order valence-corrected chi connectivity index (χ0v) is 13.1. The van der Waals surface area contributed by atoms with Crippen LogP contribution >= 0.6 is 23.5 Å². The maximum atomic E-state index is 11.9. The third-order valence-electron chi connectivity index (χ3n) is 3.22. The Morgan fingerprint density at radius 1 is 1.43 bits per heavy atom. The Kier molecular flexibility index (Phi) is 5.94. The van der Waals surface area contributed by atoms with E-state index in [0.29, 0.717) is 0 Å². The maximum Gasteiger partial charge on any atom is 0.330 e. The van der Waals surface area contributed by atoms with E-state index in [-0.39, 0.29) is 11.9 Å². The lowest BCUT2D eigenvalue weighted by Gasteiger charge is -2.21. The van der Waals surface area contributed by atoms with Gasteiger partial charge < -0.3 is 14.9 Å². The molecule has 1 aliphatic heterocycles. The van der Waals surface area contributed by atoms with E-state index in [1.165, 1.54) is 28.6 Å². The van der Waals surface area contributed by atoms with Gasteiger partial charge in [0.2, 0.25) is 0 Å². The highest BCUT2D eigenvalue weighted by atomic mass is 32.2. The van der Waals surface area contributed by atoms with Crippen molar-refractivity contribution in [1.29, 1.82) is 0 Å². The highest BCUT2D eigenvalue weighted by Gasteiger charge is 2.44. The monoisotopic (exact) mass is 334 g/mol. The Morgan fingerprint density at radius 3 is 2.81 bits per heavy atom. The van der Waals surface area contributed by atoms with Crippen LogP contribution in [0.15, 0.2) is 21.9 Å². The van der Waals surface area contributed by atoms with Crippen molar-refractivity contribution in [3.05, 3.63) is 33.1 Å². The van der Waals surface area contributed by atoms with Gasteiger partial charge in [-0.1, -0.05) is 0 Å². The normalized spacial score (nSPS) is 28.9. The molecule has 9 heteroatoms. The number of hydrogen-bond acceptors (Lipinski definition) is 7. The van der Waals surface area contributed by atoms with Crippen LogP contribution in [-0.4, -0.2) is 61.6 Å². The summed E-state index contributed by atoms with van der Waals surface area (Å²) in [6, 6.07) is 1.23. The van der Waals surface area contributed by atoms with Gasteiger partial charge in [0.25, 0.3) is 5.56 Å². The minimum absolute atomic E-state index is 0.324. The van der Waals surface area contributed by atoms with Crippen molar-refractivity contribution in [2.75, 3.05) is 24.4 Å². The molecule has 4 atom stereocenters. The van der Waals surface area contributed by atoms with E-state index in [0.717, 1.165) is 11.5 Å². The summed E-state index contributed by atoms with van der Waals surface area (Å²) in [7, 11) is 0. The van der Waals surface area contributed by atoms with E-state index in [1.54, 1.807) is 11.8 Å². The van der Waals surface area contributed by atoms with Gasteiger partial charge in [0.05, 0.1) is 18.0 Å². The topological polar surface area (TPSA) is 105 Å². The molecule has 0 bridgehead atoms. The van der Waals surface area contributed by atoms with Crippen LogP contribution in [0.4, 0.5) is 0 Å². The van der Waals surface area contributed by atoms with Crippen LogP contribution in [0, 0.1) is 0 Å². The van der Waals surface area contributed by atoms with E-state index >= 15 is 0 Å². The molecule has 0 amide bonds. The molecular formula is C12H18N2O5S2. The van der Waals surface area contributed by atoms with Crippen LogP contribution in [-0.2, 0) is 4.74 Å². The van der Waals surface area contributed by atoms with Crippen molar-refractivity contribution in [2.24, 2.45) is 0 Å². The molecule has 2 heterocycles. The Hall–Kier alpha value is -0.740. The number of thioether (sulfide) groups is 2. The summed E-state index contributed by atoms with van der Waals surface area (Å²) in [4.78, 5) is 25.2. The molecule has 118 valence electrons. The standard InChI is InChI=1S/C12H18N2O5S2/c1-20-4-5-21-10-9(17)7(6-15)19-11(10)14-3-2-8(16)13-12(14)18/h2-3,7,9-11,15,17H,4-6H2,1H3,(H,13,16,18)/t7-,9?,10?,11-/m1/s1. The quantitative estimate of drug-likeness (QED) is 0.588. The lowest BCUT2D eigenvalue weighted by Crippen LogP contribution is -2.36. The van der Waals surface area contributed by atoms with Crippen LogP contribution in [0.5, 0.6) is 0 Å². The van der Waals surface area contributed by atoms with Gasteiger partial charge in [0.1, 0.15) is 6.10 Å². The average molecular weight is 334 g/mol.